The topological polar surface area (TPSA) is 81.0 Å². The smallest absolute Gasteiger partial charge is 0.289 e. The molecule has 4 rings (SSSR count). The number of fused-ring (bicyclic) bond motifs is 1. The normalized spacial score (nSPS) is 11.0. The highest BCUT2D eigenvalue weighted by atomic mass is 19.1. The quantitative estimate of drug-likeness (QED) is 0.576. The minimum atomic E-state index is -0.382. The Morgan fingerprint density at radius 2 is 1.96 bits per heavy atom. The first-order valence-corrected chi connectivity index (χ1v) is 7.45. The molecule has 7 heteroatoms. The summed E-state index contributed by atoms with van der Waals surface area (Å²) < 4.78 is 23.9. The number of carbonyl (C=O) groups is 1. The number of carbonyl (C=O) groups excluding carboxylic acids is 1. The van der Waals surface area contributed by atoms with Crippen molar-refractivity contribution in [3.05, 3.63) is 65.9 Å². The summed E-state index contributed by atoms with van der Waals surface area (Å²) in [6.45, 7) is 0. The molecule has 4 aromatic rings. The standard InChI is InChI=1S/C18H12FN3O3/c1-24-12-5-2-10(3-6-12)16(23)18-22-21-17(25-18)14-9-20-15-8-11(19)4-7-13(14)15/h2-9,20H,1H3. The molecular formula is C18H12FN3O3. The number of benzene rings is 2. The second-order valence-corrected chi connectivity index (χ2v) is 5.36. The Morgan fingerprint density at radius 3 is 2.72 bits per heavy atom. The maximum Gasteiger partial charge on any atom is 0.289 e. The maximum atomic E-state index is 13.3. The van der Waals surface area contributed by atoms with Crippen LogP contribution in [-0.2, 0) is 0 Å². The van der Waals surface area contributed by atoms with Gasteiger partial charge in [-0.05, 0) is 42.5 Å². The number of nitrogens with one attached hydrogen (secondary N) is 1. The van der Waals surface area contributed by atoms with Crippen molar-refractivity contribution in [2.24, 2.45) is 0 Å². The number of hydrogen-bond acceptors (Lipinski definition) is 5. The summed E-state index contributed by atoms with van der Waals surface area (Å²) in [5, 5.41) is 8.50. The van der Waals surface area contributed by atoms with E-state index in [-0.39, 0.29) is 23.4 Å². The van der Waals surface area contributed by atoms with E-state index in [0.717, 1.165) is 5.39 Å². The van der Waals surface area contributed by atoms with Gasteiger partial charge in [-0.1, -0.05) is 0 Å². The fourth-order valence-electron chi connectivity index (χ4n) is 2.57. The SMILES string of the molecule is COc1ccc(C(=O)c2nnc(-c3c[nH]c4cc(F)ccc34)o2)cc1. The van der Waals surface area contributed by atoms with Crippen LogP contribution in [0.25, 0.3) is 22.4 Å². The van der Waals surface area contributed by atoms with Crippen molar-refractivity contribution in [2.75, 3.05) is 7.11 Å². The highest BCUT2D eigenvalue weighted by Gasteiger charge is 2.19. The first kappa shape index (κ1) is 15.1. The molecule has 2 aromatic carbocycles. The van der Waals surface area contributed by atoms with Crippen molar-refractivity contribution < 1.29 is 18.3 Å². The lowest BCUT2D eigenvalue weighted by Gasteiger charge is -2.00. The van der Waals surface area contributed by atoms with Gasteiger partial charge in [0.15, 0.2) is 0 Å². The third-order valence-electron chi connectivity index (χ3n) is 3.85. The number of ether oxygens (including phenoxy) is 1. The average molecular weight is 337 g/mol. The molecule has 1 N–H and O–H groups in total. The van der Waals surface area contributed by atoms with Crippen LogP contribution in [0.2, 0.25) is 0 Å². The van der Waals surface area contributed by atoms with Crippen LogP contribution in [0.4, 0.5) is 4.39 Å². The zero-order valence-electron chi connectivity index (χ0n) is 13.1. The van der Waals surface area contributed by atoms with Crippen LogP contribution < -0.4 is 4.74 Å². The number of methoxy groups -OCH3 is 1. The number of nitrogens with zero attached hydrogens (tertiary/aromatic N) is 2. The predicted molar refractivity (Wildman–Crippen MR) is 88.0 cm³/mol. The zero-order chi connectivity index (χ0) is 17.4. The second kappa shape index (κ2) is 5.86. The Morgan fingerprint density at radius 1 is 1.16 bits per heavy atom. The van der Waals surface area contributed by atoms with Crippen molar-refractivity contribution >= 4 is 16.7 Å². The number of hydrogen-bond donors (Lipinski definition) is 1. The molecule has 0 amide bonds. The van der Waals surface area contributed by atoms with E-state index >= 15 is 0 Å². The van der Waals surface area contributed by atoms with Gasteiger partial charge >= 0.3 is 0 Å². The molecule has 0 atom stereocenters. The molecule has 124 valence electrons. The summed E-state index contributed by atoms with van der Waals surface area (Å²) >= 11 is 0. The molecule has 0 aliphatic rings. The molecule has 0 spiro atoms. The van der Waals surface area contributed by atoms with Crippen LogP contribution >= 0.6 is 0 Å². The molecule has 0 saturated heterocycles. The molecule has 2 aromatic heterocycles. The van der Waals surface area contributed by atoms with Crippen LogP contribution in [0.15, 0.2) is 53.1 Å². The second-order valence-electron chi connectivity index (χ2n) is 5.36. The molecule has 0 radical (unpaired) electrons. The van der Waals surface area contributed by atoms with E-state index < -0.39 is 0 Å². The lowest BCUT2D eigenvalue weighted by Crippen LogP contribution is -2.01. The van der Waals surface area contributed by atoms with Gasteiger partial charge in [-0.3, -0.25) is 4.79 Å². The number of ketones is 1. The molecule has 2 heterocycles. The number of aromatic amines is 1. The molecule has 0 aliphatic heterocycles. The lowest BCUT2D eigenvalue weighted by molar-refractivity contribution is 0.100. The minimum absolute atomic E-state index is 0.114. The van der Waals surface area contributed by atoms with Crippen molar-refractivity contribution in [1.82, 2.24) is 15.2 Å². The Bertz CT molecular complexity index is 1070. The van der Waals surface area contributed by atoms with Gasteiger partial charge in [0.1, 0.15) is 11.6 Å². The monoisotopic (exact) mass is 337 g/mol. The maximum absolute atomic E-state index is 13.3. The number of aromatic nitrogens is 3. The van der Waals surface area contributed by atoms with Gasteiger partial charge in [0, 0.05) is 22.7 Å². The van der Waals surface area contributed by atoms with Crippen LogP contribution in [0.1, 0.15) is 16.2 Å². The van der Waals surface area contributed by atoms with E-state index in [4.69, 9.17) is 9.15 Å². The Balaban J connectivity index is 1.67. The van der Waals surface area contributed by atoms with E-state index in [1.54, 1.807) is 43.6 Å². The van der Waals surface area contributed by atoms with Crippen LogP contribution in [-0.4, -0.2) is 28.1 Å². The van der Waals surface area contributed by atoms with Gasteiger partial charge in [0.05, 0.1) is 12.7 Å². The molecule has 0 fully saturated rings. The van der Waals surface area contributed by atoms with Crippen molar-refractivity contribution in [2.45, 2.75) is 0 Å². The highest BCUT2D eigenvalue weighted by Crippen LogP contribution is 2.28. The van der Waals surface area contributed by atoms with Gasteiger partial charge in [-0.15, -0.1) is 10.2 Å². The van der Waals surface area contributed by atoms with E-state index in [0.29, 0.717) is 22.4 Å². The summed E-state index contributed by atoms with van der Waals surface area (Å²) in [5.74, 6) is -0.00534. The van der Waals surface area contributed by atoms with Gasteiger partial charge in [0.2, 0.25) is 11.7 Å². The fourth-order valence-corrected chi connectivity index (χ4v) is 2.57. The lowest BCUT2D eigenvalue weighted by atomic mass is 10.1. The molecule has 0 aliphatic carbocycles. The van der Waals surface area contributed by atoms with E-state index in [9.17, 15) is 9.18 Å². The minimum Gasteiger partial charge on any atom is -0.497 e. The summed E-state index contributed by atoms with van der Waals surface area (Å²) in [4.78, 5) is 15.4. The Labute approximate surface area is 141 Å². The first-order chi connectivity index (χ1) is 12.2. The molecule has 25 heavy (non-hydrogen) atoms. The largest absolute Gasteiger partial charge is 0.497 e. The molecular weight excluding hydrogens is 325 g/mol. The zero-order valence-corrected chi connectivity index (χ0v) is 13.1. The predicted octanol–water partition coefficient (Wildman–Crippen LogP) is 3.60. The Hall–Kier alpha value is -3.48. The summed E-state index contributed by atoms with van der Waals surface area (Å²) in [6, 6.07) is 10.9. The van der Waals surface area contributed by atoms with Crippen molar-refractivity contribution in [1.29, 1.82) is 0 Å². The van der Waals surface area contributed by atoms with Crippen molar-refractivity contribution in [3.63, 3.8) is 0 Å². The third-order valence-corrected chi connectivity index (χ3v) is 3.85. The molecule has 6 nitrogen and oxygen atoms in total. The first-order valence-electron chi connectivity index (χ1n) is 7.45. The summed E-state index contributed by atoms with van der Waals surface area (Å²) in [7, 11) is 1.55. The van der Waals surface area contributed by atoms with E-state index in [2.05, 4.69) is 15.2 Å². The third kappa shape index (κ3) is 2.65. The van der Waals surface area contributed by atoms with E-state index in [1.165, 1.54) is 12.1 Å². The molecule has 0 unspecified atom stereocenters. The number of rotatable bonds is 4. The summed E-state index contributed by atoms with van der Waals surface area (Å²) in [6.07, 6.45) is 1.64. The van der Waals surface area contributed by atoms with Crippen LogP contribution in [0, 0.1) is 5.82 Å². The van der Waals surface area contributed by atoms with Gasteiger partial charge < -0.3 is 14.1 Å². The molecule has 0 bridgehead atoms. The summed E-state index contributed by atoms with van der Waals surface area (Å²) in [5.41, 5.74) is 1.63. The number of halogens is 1. The van der Waals surface area contributed by atoms with Gasteiger partial charge in [-0.25, -0.2) is 4.39 Å². The van der Waals surface area contributed by atoms with Crippen LogP contribution in [0.3, 0.4) is 0 Å². The molecule has 0 saturated carbocycles. The highest BCUT2D eigenvalue weighted by molar-refractivity contribution is 6.06. The van der Waals surface area contributed by atoms with Crippen LogP contribution in [0.5, 0.6) is 5.75 Å². The average Bonchev–Trinajstić information content (AvgIpc) is 3.27. The van der Waals surface area contributed by atoms with Gasteiger partial charge in [-0.2, -0.15) is 0 Å². The van der Waals surface area contributed by atoms with Crippen molar-refractivity contribution in [3.8, 4) is 17.2 Å². The number of H-pyrrole nitrogens is 1. The fraction of sp³-hybridized carbons (Fsp3) is 0.0556. The van der Waals surface area contributed by atoms with E-state index in [1.807, 2.05) is 0 Å². The van der Waals surface area contributed by atoms with Gasteiger partial charge in [0.25, 0.3) is 5.89 Å². The Kier molecular flexibility index (Phi) is 3.53.